The first-order valence-electron chi connectivity index (χ1n) is 9.08. The maximum absolute atomic E-state index is 13.0. The topological polar surface area (TPSA) is 63.5 Å². The summed E-state index contributed by atoms with van der Waals surface area (Å²) in [5.41, 5.74) is 2.55. The lowest BCUT2D eigenvalue weighted by Crippen LogP contribution is -2.33. The van der Waals surface area contributed by atoms with E-state index in [1.807, 2.05) is 78.5 Å². The monoisotopic (exact) mass is 362 g/mol. The molecule has 0 radical (unpaired) electrons. The van der Waals surface area contributed by atoms with Crippen molar-refractivity contribution in [3.63, 3.8) is 0 Å². The van der Waals surface area contributed by atoms with Crippen LogP contribution in [0.25, 0.3) is 0 Å². The van der Waals surface area contributed by atoms with Crippen molar-refractivity contribution >= 4 is 5.91 Å². The molecule has 1 atom stereocenters. The van der Waals surface area contributed by atoms with Crippen LogP contribution < -0.4 is 10.1 Å². The molecule has 0 saturated carbocycles. The first kappa shape index (κ1) is 17.4. The number of carbonyl (C=O) groups excluding carboxylic acids is 1. The number of aliphatic hydroxyl groups is 1. The van der Waals surface area contributed by atoms with Gasteiger partial charge in [-0.25, -0.2) is 0 Å². The highest BCUT2D eigenvalue weighted by Gasteiger charge is 2.32. The average Bonchev–Trinajstić information content (AvgIpc) is 3.11. The Morgan fingerprint density at radius 1 is 1.07 bits per heavy atom. The minimum atomic E-state index is -0.612. The normalized spacial score (nSPS) is 14.0. The molecule has 5 heteroatoms. The minimum absolute atomic E-state index is 0.0859. The molecule has 2 N–H and O–H groups in total. The summed E-state index contributed by atoms with van der Waals surface area (Å²) >= 11 is 0. The Hall–Kier alpha value is -3.05. The van der Waals surface area contributed by atoms with Crippen LogP contribution in [0.5, 0.6) is 11.5 Å². The van der Waals surface area contributed by atoms with Gasteiger partial charge in [-0.1, -0.05) is 36.4 Å². The molecule has 3 aromatic rings. The van der Waals surface area contributed by atoms with Gasteiger partial charge in [0, 0.05) is 36.6 Å². The number of benzene rings is 2. The third kappa shape index (κ3) is 3.34. The Bertz CT molecular complexity index is 918. The fourth-order valence-electron chi connectivity index (χ4n) is 3.59. The molecule has 2 aromatic carbocycles. The number of aromatic nitrogens is 1. The quantitative estimate of drug-likeness (QED) is 0.730. The zero-order chi connectivity index (χ0) is 18.8. The number of para-hydroxylation sites is 2. The lowest BCUT2D eigenvalue weighted by atomic mass is 9.87. The SMILES string of the molecule is Cn1cccc1C(O)CCNC(=O)C1c2ccccc2Oc2ccccc21. The van der Waals surface area contributed by atoms with Crippen LogP contribution in [0, 0.1) is 0 Å². The average molecular weight is 362 g/mol. The van der Waals surface area contributed by atoms with E-state index >= 15 is 0 Å². The fourth-order valence-corrected chi connectivity index (χ4v) is 3.59. The van der Waals surface area contributed by atoms with Crippen molar-refractivity contribution in [1.82, 2.24) is 9.88 Å². The Balaban J connectivity index is 1.50. The molecule has 1 aromatic heterocycles. The Morgan fingerprint density at radius 2 is 1.70 bits per heavy atom. The summed E-state index contributed by atoms with van der Waals surface area (Å²) < 4.78 is 7.83. The van der Waals surface area contributed by atoms with Crippen LogP contribution in [0.1, 0.15) is 35.3 Å². The first-order chi connectivity index (χ1) is 13.1. The van der Waals surface area contributed by atoms with Crippen LogP contribution in [0.3, 0.4) is 0 Å². The molecular weight excluding hydrogens is 340 g/mol. The van der Waals surface area contributed by atoms with E-state index in [4.69, 9.17) is 4.74 Å². The number of carbonyl (C=O) groups is 1. The molecule has 0 saturated heterocycles. The van der Waals surface area contributed by atoms with Crippen molar-refractivity contribution in [1.29, 1.82) is 0 Å². The predicted molar refractivity (Wildman–Crippen MR) is 103 cm³/mol. The van der Waals surface area contributed by atoms with Crippen molar-refractivity contribution in [2.24, 2.45) is 7.05 Å². The fraction of sp³-hybridized carbons (Fsp3) is 0.227. The second-order valence-corrected chi connectivity index (χ2v) is 6.75. The van der Waals surface area contributed by atoms with E-state index in [2.05, 4.69) is 5.32 Å². The van der Waals surface area contributed by atoms with Gasteiger partial charge in [-0.05, 0) is 30.7 Å². The van der Waals surface area contributed by atoms with Gasteiger partial charge in [0.1, 0.15) is 11.5 Å². The Morgan fingerprint density at radius 3 is 2.30 bits per heavy atom. The molecule has 2 heterocycles. The Kier molecular flexibility index (Phi) is 4.69. The van der Waals surface area contributed by atoms with E-state index in [9.17, 15) is 9.90 Å². The van der Waals surface area contributed by atoms with Crippen LogP contribution in [0.15, 0.2) is 66.9 Å². The maximum atomic E-state index is 13.0. The molecule has 1 aliphatic heterocycles. The van der Waals surface area contributed by atoms with Gasteiger partial charge in [0.25, 0.3) is 0 Å². The number of aliphatic hydroxyl groups excluding tert-OH is 1. The highest BCUT2D eigenvalue weighted by atomic mass is 16.5. The molecule has 138 valence electrons. The molecular formula is C22H22N2O3. The highest BCUT2D eigenvalue weighted by Crippen LogP contribution is 2.43. The second kappa shape index (κ2) is 7.29. The van der Waals surface area contributed by atoms with Crippen LogP contribution >= 0.6 is 0 Å². The number of rotatable bonds is 5. The summed E-state index contributed by atoms with van der Waals surface area (Å²) in [6.07, 6.45) is 1.74. The third-order valence-corrected chi connectivity index (χ3v) is 4.98. The van der Waals surface area contributed by atoms with E-state index in [1.165, 1.54) is 0 Å². The van der Waals surface area contributed by atoms with Gasteiger partial charge in [-0.15, -0.1) is 0 Å². The number of amides is 1. The summed E-state index contributed by atoms with van der Waals surface area (Å²) in [5.74, 6) is 0.913. The van der Waals surface area contributed by atoms with Crippen molar-refractivity contribution in [3.8, 4) is 11.5 Å². The van der Waals surface area contributed by atoms with Gasteiger partial charge in [-0.3, -0.25) is 4.79 Å². The largest absolute Gasteiger partial charge is 0.457 e. The van der Waals surface area contributed by atoms with Crippen LogP contribution in [-0.4, -0.2) is 22.1 Å². The van der Waals surface area contributed by atoms with Crippen LogP contribution in [0.2, 0.25) is 0 Å². The number of nitrogens with zero attached hydrogens (tertiary/aromatic N) is 1. The highest BCUT2D eigenvalue weighted by molar-refractivity contribution is 5.89. The molecule has 0 aliphatic carbocycles. The summed E-state index contributed by atoms with van der Waals surface area (Å²) in [4.78, 5) is 13.0. The standard InChI is InChI=1S/C22H22N2O3/c1-24-14-6-9-17(24)18(25)12-13-23-22(26)21-15-7-2-4-10-19(15)27-20-11-5-3-8-16(20)21/h2-11,14,18,21,25H,12-13H2,1H3,(H,23,26). The van der Waals surface area contributed by atoms with Crippen LogP contribution in [-0.2, 0) is 11.8 Å². The van der Waals surface area contributed by atoms with E-state index in [-0.39, 0.29) is 5.91 Å². The molecule has 1 unspecified atom stereocenters. The second-order valence-electron chi connectivity index (χ2n) is 6.75. The van der Waals surface area contributed by atoms with Crippen molar-refractivity contribution in [2.75, 3.05) is 6.54 Å². The summed E-state index contributed by atoms with van der Waals surface area (Å²) in [6.45, 7) is 0.396. The molecule has 1 aliphatic rings. The number of fused-ring (bicyclic) bond motifs is 2. The van der Waals surface area contributed by atoms with Gasteiger partial charge in [0.2, 0.25) is 5.91 Å². The lowest BCUT2D eigenvalue weighted by molar-refractivity contribution is -0.121. The van der Waals surface area contributed by atoms with E-state index in [1.54, 1.807) is 0 Å². The molecule has 27 heavy (non-hydrogen) atoms. The molecule has 4 rings (SSSR count). The minimum Gasteiger partial charge on any atom is -0.457 e. The van der Waals surface area contributed by atoms with Crippen molar-refractivity contribution in [2.45, 2.75) is 18.4 Å². The lowest BCUT2D eigenvalue weighted by Gasteiger charge is -2.27. The molecule has 0 fully saturated rings. The smallest absolute Gasteiger partial charge is 0.232 e. The van der Waals surface area contributed by atoms with Gasteiger partial charge in [-0.2, -0.15) is 0 Å². The van der Waals surface area contributed by atoms with E-state index in [0.29, 0.717) is 24.5 Å². The molecule has 0 spiro atoms. The predicted octanol–water partition coefficient (Wildman–Crippen LogP) is 3.50. The van der Waals surface area contributed by atoms with E-state index in [0.717, 1.165) is 16.8 Å². The molecule has 0 bridgehead atoms. The van der Waals surface area contributed by atoms with Crippen LogP contribution in [0.4, 0.5) is 0 Å². The number of hydrogen-bond acceptors (Lipinski definition) is 3. The third-order valence-electron chi connectivity index (χ3n) is 4.98. The Labute approximate surface area is 158 Å². The van der Waals surface area contributed by atoms with E-state index < -0.39 is 12.0 Å². The van der Waals surface area contributed by atoms with Gasteiger partial charge in [0.15, 0.2) is 0 Å². The summed E-state index contributed by atoms with van der Waals surface area (Å²) in [6, 6.07) is 19.0. The van der Waals surface area contributed by atoms with Gasteiger partial charge >= 0.3 is 0 Å². The van der Waals surface area contributed by atoms with Gasteiger partial charge in [0.05, 0.1) is 12.0 Å². The number of hydrogen-bond donors (Lipinski definition) is 2. The van der Waals surface area contributed by atoms with Gasteiger partial charge < -0.3 is 19.7 Å². The van der Waals surface area contributed by atoms with Crippen molar-refractivity contribution < 1.29 is 14.6 Å². The number of nitrogens with one attached hydrogen (secondary N) is 1. The number of ether oxygens (including phenoxy) is 1. The maximum Gasteiger partial charge on any atom is 0.232 e. The number of aryl methyl sites for hydroxylation is 1. The van der Waals surface area contributed by atoms with Crippen molar-refractivity contribution in [3.05, 3.63) is 83.7 Å². The first-order valence-corrected chi connectivity index (χ1v) is 9.08. The molecule has 1 amide bonds. The molecule has 5 nitrogen and oxygen atoms in total. The summed E-state index contributed by atoms with van der Waals surface area (Å²) in [7, 11) is 1.90. The zero-order valence-electron chi connectivity index (χ0n) is 15.1. The summed E-state index contributed by atoms with van der Waals surface area (Å²) in [5, 5.41) is 13.3. The zero-order valence-corrected chi connectivity index (χ0v) is 15.1.